The van der Waals surface area contributed by atoms with Crippen LogP contribution >= 0.6 is 11.8 Å². The van der Waals surface area contributed by atoms with Gasteiger partial charge in [-0.05, 0) is 17.0 Å². The molecule has 2 N–H and O–H groups in total. The van der Waals surface area contributed by atoms with E-state index in [1.807, 2.05) is 5.40 Å². The predicted molar refractivity (Wildman–Crippen MR) is 68.3 cm³/mol. The standard InChI is InChI=1S/C10H6N6O4S/c11-4-21-7-2-1-5(13-7)8-6(15(17)18)3-12-10-9(8)16(19)20-14-10/h1-3,8,13H,(H,12,14). The fraction of sp³-hybridized carbons (Fsp3) is 0.100. The molecule has 106 valence electrons. The van der Waals surface area contributed by atoms with Crippen LogP contribution in [0.5, 0.6) is 0 Å². The van der Waals surface area contributed by atoms with Crippen LogP contribution < -0.4 is 10.2 Å². The Morgan fingerprint density at radius 3 is 3.10 bits per heavy atom. The van der Waals surface area contributed by atoms with Crippen LogP contribution in [0.3, 0.4) is 0 Å². The molecule has 0 fully saturated rings. The zero-order valence-corrected chi connectivity index (χ0v) is 11.0. The molecule has 3 heterocycles. The van der Waals surface area contributed by atoms with Gasteiger partial charge in [-0.3, -0.25) is 14.7 Å². The van der Waals surface area contributed by atoms with Gasteiger partial charge >= 0.3 is 5.82 Å². The van der Waals surface area contributed by atoms with Crippen molar-refractivity contribution in [3.05, 3.63) is 50.7 Å². The number of nitrogens with one attached hydrogen (secondary N) is 2. The number of rotatable bonds is 3. The largest absolute Gasteiger partial charge is 0.359 e. The van der Waals surface area contributed by atoms with Gasteiger partial charge in [-0.1, -0.05) is 0 Å². The number of H-pyrrole nitrogens is 1. The number of hydrogen-bond donors (Lipinski definition) is 2. The SMILES string of the molecule is N#CSc1ccc(C2C([N+](=O)[O-])=CNc3no[n+]([O-])c32)[nH]1. The summed E-state index contributed by atoms with van der Waals surface area (Å²) in [5.74, 6) is -0.849. The lowest BCUT2D eigenvalue weighted by molar-refractivity contribution is -0.808. The van der Waals surface area contributed by atoms with Crippen LogP contribution in [0.2, 0.25) is 0 Å². The van der Waals surface area contributed by atoms with Crippen molar-refractivity contribution in [3.8, 4) is 5.40 Å². The van der Waals surface area contributed by atoms with Crippen molar-refractivity contribution in [3.63, 3.8) is 0 Å². The molecule has 1 unspecified atom stereocenters. The molecule has 1 aliphatic rings. The number of aromatic nitrogens is 3. The van der Waals surface area contributed by atoms with Crippen LogP contribution in [0.15, 0.2) is 33.7 Å². The number of aromatic amines is 1. The molecule has 2 aromatic rings. The Labute approximate surface area is 120 Å². The van der Waals surface area contributed by atoms with Crippen molar-refractivity contribution in [1.29, 1.82) is 5.26 Å². The summed E-state index contributed by atoms with van der Waals surface area (Å²) in [6.45, 7) is 0. The van der Waals surface area contributed by atoms with Crippen molar-refractivity contribution < 1.29 is 14.5 Å². The molecule has 0 radical (unpaired) electrons. The number of allylic oxidation sites excluding steroid dienone is 1. The van der Waals surface area contributed by atoms with Gasteiger partial charge in [-0.25, -0.2) is 0 Å². The first kappa shape index (κ1) is 13.0. The fourth-order valence-electron chi connectivity index (χ4n) is 2.10. The van der Waals surface area contributed by atoms with E-state index in [4.69, 9.17) is 5.26 Å². The topological polar surface area (TPSA) is 148 Å². The minimum atomic E-state index is -0.965. The zero-order valence-electron chi connectivity index (χ0n) is 10.1. The minimum Gasteiger partial charge on any atom is -0.359 e. The van der Waals surface area contributed by atoms with E-state index < -0.39 is 10.8 Å². The van der Waals surface area contributed by atoms with Gasteiger partial charge in [0.15, 0.2) is 5.92 Å². The van der Waals surface area contributed by atoms with Gasteiger partial charge in [0.2, 0.25) is 5.69 Å². The van der Waals surface area contributed by atoms with Gasteiger partial charge in [-0.15, -0.1) is 0 Å². The molecule has 0 saturated heterocycles. The van der Waals surface area contributed by atoms with Gasteiger partial charge < -0.3 is 15.5 Å². The molecule has 2 aromatic heterocycles. The summed E-state index contributed by atoms with van der Waals surface area (Å²) in [4.78, 5) is 13.6. The molecule has 10 nitrogen and oxygen atoms in total. The Kier molecular flexibility index (Phi) is 2.99. The van der Waals surface area contributed by atoms with Crippen LogP contribution in [0, 0.1) is 26.0 Å². The third kappa shape index (κ3) is 2.07. The summed E-state index contributed by atoms with van der Waals surface area (Å²) in [6, 6.07) is 3.18. The first-order valence-corrected chi connectivity index (χ1v) is 6.39. The van der Waals surface area contributed by atoms with E-state index in [2.05, 4.69) is 20.1 Å². The van der Waals surface area contributed by atoms with Crippen molar-refractivity contribution >= 4 is 17.6 Å². The molecule has 0 aliphatic carbocycles. The van der Waals surface area contributed by atoms with E-state index in [1.54, 1.807) is 12.1 Å². The second-order valence-corrected chi connectivity index (χ2v) is 4.87. The zero-order chi connectivity index (χ0) is 15.0. The molecule has 1 atom stereocenters. The van der Waals surface area contributed by atoms with Gasteiger partial charge in [-0.2, -0.15) is 5.26 Å². The maximum absolute atomic E-state index is 11.7. The summed E-state index contributed by atoms with van der Waals surface area (Å²) in [5.41, 5.74) is 0.150. The minimum absolute atomic E-state index is 0.0143. The molecule has 0 bridgehead atoms. The Bertz CT molecular complexity index is 788. The number of thioether (sulfide) groups is 1. The molecule has 3 rings (SSSR count). The number of anilines is 1. The highest BCUT2D eigenvalue weighted by Gasteiger charge is 2.42. The number of fused-ring (bicyclic) bond motifs is 1. The second-order valence-electron chi connectivity index (χ2n) is 4.04. The Hall–Kier alpha value is -3.00. The lowest BCUT2D eigenvalue weighted by Gasteiger charge is -2.14. The Morgan fingerprint density at radius 1 is 1.57 bits per heavy atom. The number of nitrogens with zero attached hydrogens (tertiary/aromatic N) is 4. The molecule has 1 aliphatic heterocycles. The molecule has 0 saturated carbocycles. The summed E-state index contributed by atoms with van der Waals surface area (Å²) < 4.78 is 4.47. The van der Waals surface area contributed by atoms with Crippen molar-refractivity contribution in [2.75, 3.05) is 5.32 Å². The molecule has 0 spiro atoms. The predicted octanol–water partition coefficient (Wildman–Crippen LogP) is 0.885. The van der Waals surface area contributed by atoms with Crippen molar-refractivity contribution in [2.45, 2.75) is 10.9 Å². The molecule has 0 amide bonds. The summed E-state index contributed by atoms with van der Waals surface area (Å²) in [7, 11) is 0. The number of thiocyanates is 1. The van der Waals surface area contributed by atoms with E-state index in [-0.39, 0.29) is 22.1 Å². The third-order valence-electron chi connectivity index (χ3n) is 2.93. The van der Waals surface area contributed by atoms with Gasteiger partial charge in [0.1, 0.15) is 5.40 Å². The maximum atomic E-state index is 11.7. The Morgan fingerprint density at radius 2 is 2.38 bits per heavy atom. The number of nitro groups is 1. The number of hydrogen-bond acceptors (Lipinski definition) is 8. The first-order valence-electron chi connectivity index (χ1n) is 5.57. The van der Waals surface area contributed by atoms with E-state index in [0.29, 0.717) is 10.7 Å². The van der Waals surface area contributed by atoms with Crippen LogP contribution in [0.4, 0.5) is 5.82 Å². The van der Waals surface area contributed by atoms with Crippen LogP contribution in [0.1, 0.15) is 17.3 Å². The normalized spacial score (nSPS) is 16.5. The van der Waals surface area contributed by atoms with Gasteiger partial charge in [0.25, 0.3) is 5.70 Å². The van der Waals surface area contributed by atoms with E-state index in [9.17, 15) is 15.3 Å². The van der Waals surface area contributed by atoms with Crippen LogP contribution in [0.25, 0.3) is 0 Å². The number of nitriles is 1. The summed E-state index contributed by atoms with van der Waals surface area (Å²) >= 11 is 0.878. The maximum Gasteiger partial charge on any atom is 0.316 e. The highest BCUT2D eigenvalue weighted by Crippen LogP contribution is 2.37. The quantitative estimate of drug-likeness (QED) is 0.279. The van der Waals surface area contributed by atoms with E-state index in [0.717, 1.165) is 18.0 Å². The second kappa shape index (κ2) is 4.84. The molecule has 11 heteroatoms. The lowest BCUT2D eigenvalue weighted by atomic mass is 9.96. The first-order chi connectivity index (χ1) is 10.1. The molecule has 21 heavy (non-hydrogen) atoms. The summed E-state index contributed by atoms with van der Waals surface area (Å²) in [5, 5.41) is 39.9. The van der Waals surface area contributed by atoms with E-state index >= 15 is 0 Å². The average Bonchev–Trinajstić information content (AvgIpc) is 3.06. The highest BCUT2D eigenvalue weighted by atomic mass is 32.2. The lowest BCUT2D eigenvalue weighted by Crippen LogP contribution is -2.34. The van der Waals surface area contributed by atoms with E-state index in [1.165, 1.54) is 0 Å². The summed E-state index contributed by atoms with van der Waals surface area (Å²) in [6.07, 6.45) is 1.16. The Balaban J connectivity index is 2.11. The monoisotopic (exact) mass is 306 g/mol. The van der Waals surface area contributed by atoms with Gasteiger partial charge in [0, 0.05) is 17.5 Å². The average molecular weight is 306 g/mol. The van der Waals surface area contributed by atoms with Crippen LogP contribution in [-0.4, -0.2) is 15.1 Å². The fourth-order valence-corrected chi connectivity index (χ4v) is 2.50. The van der Waals surface area contributed by atoms with Crippen molar-refractivity contribution in [2.24, 2.45) is 0 Å². The van der Waals surface area contributed by atoms with Crippen molar-refractivity contribution in [1.82, 2.24) is 10.1 Å². The molecular weight excluding hydrogens is 300 g/mol. The van der Waals surface area contributed by atoms with Gasteiger partial charge in [0.05, 0.1) is 21.3 Å². The molecular formula is C10H6N6O4S. The third-order valence-corrected chi connectivity index (χ3v) is 3.48. The molecule has 0 aromatic carbocycles. The van der Waals surface area contributed by atoms with Crippen LogP contribution in [-0.2, 0) is 0 Å². The smallest absolute Gasteiger partial charge is 0.316 e. The highest BCUT2D eigenvalue weighted by molar-refractivity contribution is 8.03.